The Hall–Kier alpha value is -7.22. The molecule has 58 heavy (non-hydrogen) atoms. The Morgan fingerprint density at radius 2 is 0.879 bits per heavy atom. The first-order valence-electron chi connectivity index (χ1n) is 20.3. The highest BCUT2D eigenvalue weighted by Gasteiger charge is 2.38. The van der Waals surface area contributed by atoms with Gasteiger partial charge in [-0.25, -0.2) is 0 Å². The van der Waals surface area contributed by atoms with Gasteiger partial charge in [-0.2, -0.15) is 0 Å². The number of hydrogen-bond donors (Lipinski definition) is 0. The van der Waals surface area contributed by atoms with E-state index in [1.54, 1.807) is 0 Å². The molecular weight excluding hydrogens is 699 g/mol. The van der Waals surface area contributed by atoms with Gasteiger partial charge in [0.1, 0.15) is 0 Å². The molecule has 0 heterocycles. The Kier molecular flexibility index (Phi) is 7.91. The zero-order chi connectivity index (χ0) is 38.8. The molecule has 0 saturated heterocycles. The van der Waals surface area contributed by atoms with E-state index in [9.17, 15) is 0 Å². The molecule has 1 aliphatic rings. The second kappa shape index (κ2) is 13.5. The Morgan fingerprint density at radius 3 is 1.57 bits per heavy atom. The Bertz CT molecular complexity index is 3140. The van der Waals surface area contributed by atoms with Crippen LogP contribution in [0.1, 0.15) is 25.0 Å². The lowest BCUT2D eigenvalue weighted by atomic mass is 9.82. The van der Waals surface area contributed by atoms with Crippen molar-refractivity contribution in [1.29, 1.82) is 0 Å². The van der Waals surface area contributed by atoms with Crippen LogP contribution in [-0.2, 0) is 5.41 Å². The molecule has 0 atom stereocenters. The van der Waals surface area contributed by atoms with E-state index in [-0.39, 0.29) is 5.41 Å². The number of fused-ring (bicyclic) bond motifs is 6. The molecule has 0 bridgehead atoms. The van der Waals surface area contributed by atoms with E-state index in [4.69, 9.17) is 0 Å². The highest BCUT2D eigenvalue weighted by atomic mass is 15.1. The summed E-state index contributed by atoms with van der Waals surface area (Å²) in [5, 5.41) is 7.43. The van der Waals surface area contributed by atoms with Crippen molar-refractivity contribution in [3.63, 3.8) is 0 Å². The SMILES string of the molecule is CC1(C)c2cc3ccccc3cc2-c2c(N(c3cc(-c4ccccc4)cc(-c4ccccc4)c3)c3ccc4ccccc4c3-c3ccc4ccccc4c3)cccc21. The van der Waals surface area contributed by atoms with Crippen molar-refractivity contribution in [3.8, 4) is 44.5 Å². The molecule has 0 aromatic heterocycles. The molecule has 0 radical (unpaired) electrons. The molecule has 1 nitrogen and oxygen atoms in total. The van der Waals surface area contributed by atoms with Crippen molar-refractivity contribution in [2.75, 3.05) is 4.90 Å². The second-order valence-corrected chi connectivity index (χ2v) is 16.1. The quantitative estimate of drug-likeness (QED) is 0.164. The molecule has 1 heteroatoms. The maximum Gasteiger partial charge on any atom is 0.0546 e. The summed E-state index contributed by atoms with van der Waals surface area (Å²) in [5.41, 5.74) is 15.6. The maximum atomic E-state index is 2.56. The largest absolute Gasteiger partial charge is 0.309 e. The summed E-state index contributed by atoms with van der Waals surface area (Å²) in [5.74, 6) is 0. The smallest absolute Gasteiger partial charge is 0.0546 e. The standard InChI is InChI=1S/C57H41N/c1-57(2)51-26-15-27-53(56(51)50-36-43-23-11-12-24-44(43)37-52(50)57)58(48-34-46(38-16-5-3-6-17-38)33-47(35-48)39-18-7-4-8-19-39)54-31-30-41-21-13-14-25-49(41)55(54)45-29-28-40-20-9-10-22-42(40)32-45/h3-37H,1-2H3. The van der Waals surface area contributed by atoms with Crippen molar-refractivity contribution >= 4 is 49.4 Å². The molecule has 274 valence electrons. The normalized spacial score (nSPS) is 12.8. The zero-order valence-corrected chi connectivity index (χ0v) is 32.7. The average Bonchev–Trinajstić information content (AvgIpc) is 3.51. The summed E-state index contributed by atoms with van der Waals surface area (Å²) in [7, 11) is 0. The molecule has 0 fully saturated rings. The van der Waals surface area contributed by atoms with Crippen LogP contribution in [-0.4, -0.2) is 0 Å². The highest BCUT2D eigenvalue weighted by molar-refractivity contribution is 6.09. The maximum absolute atomic E-state index is 2.56. The number of nitrogens with zero attached hydrogens (tertiary/aromatic N) is 1. The van der Waals surface area contributed by atoms with Crippen molar-refractivity contribution < 1.29 is 0 Å². The molecule has 10 aromatic carbocycles. The third kappa shape index (κ3) is 5.54. The first-order chi connectivity index (χ1) is 28.5. The molecule has 0 spiro atoms. The Balaban J connectivity index is 1.27. The molecule has 11 rings (SSSR count). The van der Waals surface area contributed by atoms with E-state index < -0.39 is 0 Å². The van der Waals surface area contributed by atoms with Gasteiger partial charge >= 0.3 is 0 Å². The zero-order valence-electron chi connectivity index (χ0n) is 32.7. The van der Waals surface area contributed by atoms with E-state index in [2.05, 4.69) is 231 Å². The number of hydrogen-bond acceptors (Lipinski definition) is 1. The molecule has 0 N–H and O–H groups in total. The third-order valence-electron chi connectivity index (χ3n) is 12.4. The van der Waals surface area contributed by atoms with Crippen LogP contribution in [0.4, 0.5) is 17.1 Å². The fraction of sp³-hybridized carbons (Fsp3) is 0.0526. The average molecular weight is 740 g/mol. The first kappa shape index (κ1) is 34.1. The lowest BCUT2D eigenvalue weighted by Gasteiger charge is -2.32. The van der Waals surface area contributed by atoms with Gasteiger partial charge < -0.3 is 4.90 Å². The van der Waals surface area contributed by atoms with Gasteiger partial charge in [-0.15, -0.1) is 0 Å². The van der Waals surface area contributed by atoms with Gasteiger partial charge in [-0.1, -0.05) is 178 Å². The Labute approximate surface area is 340 Å². The minimum atomic E-state index is -0.192. The van der Waals surface area contributed by atoms with E-state index in [0.29, 0.717) is 0 Å². The summed E-state index contributed by atoms with van der Waals surface area (Å²) >= 11 is 0. The summed E-state index contributed by atoms with van der Waals surface area (Å²) in [6.45, 7) is 4.78. The Morgan fingerprint density at radius 1 is 0.328 bits per heavy atom. The predicted molar refractivity (Wildman–Crippen MR) is 248 cm³/mol. The first-order valence-corrected chi connectivity index (χ1v) is 20.3. The van der Waals surface area contributed by atoms with Gasteiger partial charge in [-0.3, -0.25) is 0 Å². The molecular formula is C57H41N. The lowest BCUT2D eigenvalue weighted by Crippen LogP contribution is -2.16. The monoisotopic (exact) mass is 739 g/mol. The van der Waals surface area contributed by atoms with Crippen LogP contribution in [0.15, 0.2) is 212 Å². The van der Waals surface area contributed by atoms with E-state index in [1.165, 1.54) is 93.6 Å². The molecule has 1 aliphatic carbocycles. The third-order valence-corrected chi connectivity index (χ3v) is 12.4. The second-order valence-electron chi connectivity index (χ2n) is 16.1. The number of anilines is 3. The molecule has 0 saturated carbocycles. The van der Waals surface area contributed by atoms with Crippen LogP contribution >= 0.6 is 0 Å². The van der Waals surface area contributed by atoms with Crippen molar-refractivity contribution in [2.45, 2.75) is 19.3 Å². The lowest BCUT2D eigenvalue weighted by molar-refractivity contribution is 0.661. The van der Waals surface area contributed by atoms with Gasteiger partial charge in [-0.05, 0) is 125 Å². The predicted octanol–water partition coefficient (Wildman–Crippen LogP) is 15.9. The fourth-order valence-corrected chi connectivity index (χ4v) is 9.48. The van der Waals surface area contributed by atoms with Crippen LogP contribution < -0.4 is 4.90 Å². The molecule has 0 aliphatic heterocycles. The number of rotatable bonds is 6. The molecule has 10 aromatic rings. The van der Waals surface area contributed by atoms with Gasteiger partial charge in [0.2, 0.25) is 0 Å². The number of benzene rings is 10. The summed E-state index contributed by atoms with van der Waals surface area (Å²) in [4.78, 5) is 2.56. The topological polar surface area (TPSA) is 3.24 Å². The van der Waals surface area contributed by atoms with Crippen LogP contribution in [0, 0.1) is 0 Å². The summed E-state index contributed by atoms with van der Waals surface area (Å²) in [6, 6.07) is 78.5. The molecule has 0 unspecified atom stereocenters. The van der Waals surface area contributed by atoms with Crippen molar-refractivity contribution in [1.82, 2.24) is 0 Å². The fourth-order valence-electron chi connectivity index (χ4n) is 9.48. The van der Waals surface area contributed by atoms with Crippen LogP contribution in [0.2, 0.25) is 0 Å². The van der Waals surface area contributed by atoms with Gasteiger partial charge in [0.15, 0.2) is 0 Å². The van der Waals surface area contributed by atoms with Crippen LogP contribution in [0.5, 0.6) is 0 Å². The van der Waals surface area contributed by atoms with Crippen molar-refractivity contribution in [2.24, 2.45) is 0 Å². The van der Waals surface area contributed by atoms with Gasteiger partial charge in [0, 0.05) is 22.2 Å². The summed E-state index contributed by atoms with van der Waals surface area (Å²) in [6.07, 6.45) is 0. The van der Waals surface area contributed by atoms with Crippen molar-refractivity contribution in [3.05, 3.63) is 223 Å². The minimum Gasteiger partial charge on any atom is -0.309 e. The summed E-state index contributed by atoms with van der Waals surface area (Å²) < 4.78 is 0. The van der Waals surface area contributed by atoms with E-state index in [0.717, 1.165) is 11.4 Å². The van der Waals surface area contributed by atoms with Crippen LogP contribution in [0.25, 0.3) is 76.8 Å². The van der Waals surface area contributed by atoms with Gasteiger partial charge in [0.05, 0.1) is 11.4 Å². The van der Waals surface area contributed by atoms with Gasteiger partial charge in [0.25, 0.3) is 0 Å². The van der Waals surface area contributed by atoms with E-state index >= 15 is 0 Å². The molecule has 0 amide bonds. The minimum absolute atomic E-state index is 0.192. The van der Waals surface area contributed by atoms with E-state index in [1.807, 2.05) is 0 Å². The van der Waals surface area contributed by atoms with Crippen LogP contribution in [0.3, 0.4) is 0 Å². The highest BCUT2D eigenvalue weighted by Crippen LogP contribution is 2.56.